The van der Waals surface area contributed by atoms with Crippen molar-refractivity contribution in [3.8, 4) is 22.3 Å². The number of benzene rings is 3. The van der Waals surface area contributed by atoms with Crippen LogP contribution in [0.3, 0.4) is 0 Å². The van der Waals surface area contributed by atoms with E-state index in [0.717, 1.165) is 48.1 Å². The monoisotopic (exact) mass is 412 g/mol. The van der Waals surface area contributed by atoms with Gasteiger partial charge in [-0.1, -0.05) is 60.7 Å². The van der Waals surface area contributed by atoms with Gasteiger partial charge in [-0.2, -0.15) is 0 Å². The molecule has 4 heteroatoms. The van der Waals surface area contributed by atoms with Gasteiger partial charge >= 0.3 is 0 Å². The molecule has 1 aliphatic carbocycles. The molecule has 1 saturated carbocycles. The number of nitrogens with zero attached hydrogens (tertiary/aromatic N) is 1. The summed E-state index contributed by atoms with van der Waals surface area (Å²) in [4.78, 5) is 14.9. The van der Waals surface area contributed by atoms with Crippen molar-refractivity contribution < 1.29 is 9.90 Å². The normalized spacial score (nSPS) is 19.4. The first kappa shape index (κ1) is 20.0. The van der Waals surface area contributed by atoms with Gasteiger partial charge in [0.05, 0.1) is 6.61 Å². The van der Waals surface area contributed by atoms with E-state index >= 15 is 0 Å². The second-order valence-electron chi connectivity index (χ2n) is 8.94. The number of carbonyl (C=O) groups is 1. The van der Waals surface area contributed by atoms with Crippen LogP contribution >= 0.6 is 0 Å². The number of aliphatic hydroxyl groups excluding tert-OH is 1. The van der Waals surface area contributed by atoms with Gasteiger partial charge in [0.15, 0.2) is 0 Å². The minimum atomic E-state index is -0.0341. The van der Waals surface area contributed by atoms with Crippen molar-refractivity contribution in [1.82, 2.24) is 4.90 Å². The van der Waals surface area contributed by atoms with Gasteiger partial charge < -0.3 is 15.7 Å². The number of amides is 1. The highest BCUT2D eigenvalue weighted by atomic mass is 16.3. The summed E-state index contributed by atoms with van der Waals surface area (Å²) in [5.41, 5.74) is 12.2. The number of hydrogen-bond donors (Lipinski definition) is 2. The molecule has 2 fully saturated rings. The summed E-state index contributed by atoms with van der Waals surface area (Å²) in [5, 5.41) is 9.73. The third-order valence-electron chi connectivity index (χ3n) is 6.83. The lowest BCUT2D eigenvalue weighted by Crippen LogP contribution is -2.31. The Bertz CT molecular complexity index is 1090. The first-order valence-electron chi connectivity index (χ1n) is 11.1. The number of hydrogen-bond acceptors (Lipinski definition) is 3. The van der Waals surface area contributed by atoms with E-state index < -0.39 is 0 Å². The van der Waals surface area contributed by atoms with Crippen molar-refractivity contribution in [2.75, 3.05) is 19.7 Å². The topological polar surface area (TPSA) is 66.6 Å². The van der Waals surface area contributed by atoms with Crippen molar-refractivity contribution in [1.29, 1.82) is 0 Å². The van der Waals surface area contributed by atoms with Gasteiger partial charge in [0.25, 0.3) is 5.91 Å². The Morgan fingerprint density at radius 2 is 1.68 bits per heavy atom. The molecule has 3 aromatic rings. The van der Waals surface area contributed by atoms with Gasteiger partial charge in [0.1, 0.15) is 0 Å². The molecule has 0 radical (unpaired) electrons. The number of aliphatic hydroxyl groups is 1. The highest BCUT2D eigenvalue weighted by molar-refractivity contribution is 5.98. The van der Waals surface area contributed by atoms with Gasteiger partial charge in [-0.25, -0.2) is 0 Å². The van der Waals surface area contributed by atoms with Gasteiger partial charge in [-0.3, -0.25) is 4.79 Å². The zero-order chi connectivity index (χ0) is 21.4. The number of rotatable bonds is 5. The fourth-order valence-electron chi connectivity index (χ4n) is 4.63. The van der Waals surface area contributed by atoms with Crippen molar-refractivity contribution in [3.05, 3.63) is 83.9 Å². The Morgan fingerprint density at radius 1 is 0.968 bits per heavy atom. The van der Waals surface area contributed by atoms with Crippen molar-refractivity contribution in [2.24, 2.45) is 5.73 Å². The van der Waals surface area contributed by atoms with Crippen LogP contribution in [0, 0.1) is 0 Å². The largest absolute Gasteiger partial charge is 0.395 e. The minimum absolute atomic E-state index is 0.0341. The molecule has 3 N–H and O–H groups in total. The molecule has 31 heavy (non-hydrogen) atoms. The summed E-state index contributed by atoms with van der Waals surface area (Å²) < 4.78 is 0. The molecule has 1 atom stereocenters. The molecule has 0 aromatic heterocycles. The van der Waals surface area contributed by atoms with E-state index in [1.807, 2.05) is 35.2 Å². The Labute approximate surface area is 183 Å². The summed E-state index contributed by atoms with van der Waals surface area (Å²) in [6, 6.07) is 24.8. The molecule has 0 bridgehead atoms. The standard InChI is InChI=1S/C27H28N2O2/c28-23-12-15-29(17-23)26(31)21-8-11-24(25(16-21)19-4-2-1-3-5-19)20-6-9-22(10-7-20)27(18-30)13-14-27/h1-11,16,23,30H,12-15,17-18,28H2/t23-/m0/s1. The average molecular weight is 413 g/mol. The van der Waals surface area contributed by atoms with E-state index in [1.54, 1.807) is 0 Å². The highest BCUT2D eigenvalue weighted by Crippen LogP contribution is 2.48. The minimum Gasteiger partial charge on any atom is -0.395 e. The smallest absolute Gasteiger partial charge is 0.253 e. The maximum absolute atomic E-state index is 13.1. The second-order valence-corrected chi connectivity index (χ2v) is 8.94. The van der Waals surface area contributed by atoms with Crippen LogP contribution in [0.1, 0.15) is 35.2 Å². The number of nitrogens with two attached hydrogens (primary N) is 1. The molecular weight excluding hydrogens is 384 g/mol. The molecule has 1 saturated heterocycles. The first-order chi connectivity index (χ1) is 15.1. The molecule has 1 heterocycles. The van der Waals surface area contributed by atoms with Gasteiger partial charge in [0, 0.05) is 30.1 Å². The van der Waals surface area contributed by atoms with E-state index in [2.05, 4.69) is 42.5 Å². The maximum atomic E-state index is 13.1. The summed E-state index contributed by atoms with van der Waals surface area (Å²) in [5.74, 6) is 0.0469. The predicted octanol–water partition coefficient (Wildman–Crippen LogP) is 4.22. The molecule has 1 aliphatic heterocycles. The van der Waals surface area contributed by atoms with E-state index in [9.17, 15) is 9.90 Å². The molecule has 1 amide bonds. The molecule has 2 aliphatic rings. The van der Waals surface area contributed by atoms with Crippen molar-refractivity contribution >= 4 is 5.91 Å². The summed E-state index contributed by atoms with van der Waals surface area (Å²) in [6.45, 7) is 1.55. The fraction of sp³-hybridized carbons (Fsp3) is 0.296. The predicted molar refractivity (Wildman–Crippen MR) is 124 cm³/mol. The highest BCUT2D eigenvalue weighted by Gasteiger charge is 2.43. The molecule has 0 unspecified atom stereocenters. The van der Waals surface area contributed by atoms with Gasteiger partial charge in [-0.15, -0.1) is 0 Å². The SMILES string of the molecule is N[C@H]1CCN(C(=O)c2ccc(-c3ccc(C4(CO)CC4)cc3)c(-c3ccccc3)c2)C1. The van der Waals surface area contributed by atoms with E-state index in [1.165, 1.54) is 5.56 Å². The zero-order valence-electron chi connectivity index (χ0n) is 17.6. The molecule has 158 valence electrons. The molecular formula is C27H28N2O2. The lowest BCUT2D eigenvalue weighted by Gasteiger charge is -2.18. The van der Waals surface area contributed by atoms with E-state index in [4.69, 9.17) is 5.73 Å². The summed E-state index contributed by atoms with van der Waals surface area (Å²) >= 11 is 0. The quantitative estimate of drug-likeness (QED) is 0.659. The Kier molecular flexibility index (Phi) is 5.12. The maximum Gasteiger partial charge on any atom is 0.253 e. The Hall–Kier alpha value is -2.95. The van der Waals surface area contributed by atoms with Crippen LogP contribution in [0.2, 0.25) is 0 Å². The first-order valence-corrected chi connectivity index (χ1v) is 11.1. The second kappa shape index (κ2) is 7.95. The van der Waals surface area contributed by atoms with Crippen LogP contribution in [0.5, 0.6) is 0 Å². The van der Waals surface area contributed by atoms with Crippen LogP contribution in [-0.2, 0) is 5.41 Å². The van der Waals surface area contributed by atoms with Crippen LogP contribution in [0.15, 0.2) is 72.8 Å². The van der Waals surface area contributed by atoms with E-state index in [0.29, 0.717) is 12.1 Å². The molecule has 5 rings (SSSR count). The molecule has 0 spiro atoms. The molecule has 4 nitrogen and oxygen atoms in total. The fourth-order valence-corrected chi connectivity index (χ4v) is 4.63. The summed E-state index contributed by atoms with van der Waals surface area (Å²) in [7, 11) is 0. The van der Waals surface area contributed by atoms with Crippen LogP contribution in [-0.4, -0.2) is 41.7 Å². The number of likely N-dealkylation sites (tertiary alicyclic amines) is 1. The zero-order valence-corrected chi connectivity index (χ0v) is 17.6. The van der Waals surface area contributed by atoms with E-state index in [-0.39, 0.29) is 24.0 Å². The van der Waals surface area contributed by atoms with Crippen LogP contribution in [0.25, 0.3) is 22.3 Å². The van der Waals surface area contributed by atoms with Crippen molar-refractivity contribution in [3.63, 3.8) is 0 Å². The lowest BCUT2D eigenvalue weighted by molar-refractivity contribution is 0.0791. The third kappa shape index (κ3) is 3.78. The Balaban J connectivity index is 1.53. The third-order valence-corrected chi connectivity index (χ3v) is 6.83. The van der Waals surface area contributed by atoms with Crippen molar-refractivity contribution in [2.45, 2.75) is 30.7 Å². The average Bonchev–Trinajstić information content (AvgIpc) is 3.52. The number of carbonyl (C=O) groups excluding carboxylic acids is 1. The Morgan fingerprint density at radius 3 is 2.29 bits per heavy atom. The summed E-state index contributed by atoms with van der Waals surface area (Å²) in [6.07, 6.45) is 2.96. The van der Waals surface area contributed by atoms with Gasteiger partial charge in [0.2, 0.25) is 0 Å². The van der Waals surface area contributed by atoms with Crippen LogP contribution in [0.4, 0.5) is 0 Å². The van der Waals surface area contributed by atoms with Gasteiger partial charge in [-0.05, 0) is 59.2 Å². The lowest BCUT2D eigenvalue weighted by atomic mass is 9.90. The van der Waals surface area contributed by atoms with Crippen LogP contribution < -0.4 is 5.73 Å². The molecule has 3 aromatic carbocycles.